The highest BCUT2D eigenvalue weighted by Crippen LogP contribution is 2.33. The first-order chi connectivity index (χ1) is 7.17. The highest BCUT2D eigenvalue weighted by molar-refractivity contribution is 9.11. The van der Waals surface area contributed by atoms with Crippen LogP contribution in [0.25, 0.3) is 0 Å². The Morgan fingerprint density at radius 3 is 2.67 bits per heavy atom. The number of halogens is 1. The molecule has 1 nitrogen and oxygen atoms in total. The van der Waals surface area contributed by atoms with Crippen molar-refractivity contribution in [3.8, 4) is 0 Å². The highest BCUT2D eigenvalue weighted by atomic mass is 79.9. The average molecular weight is 289 g/mol. The molecule has 1 atom stereocenters. The molecule has 0 spiro atoms. The Morgan fingerprint density at radius 1 is 1.47 bits per heavy atom. The number of rotatable bonds is 6. The molecule has 1 unspecified atom stereocenters. The molecule has 0 saturated heterocycles. The van der Waals surface area contributed by atoms with Crippen LogP contribution in [0.2, 0.25) is 0 Å². The second-order valence-electron chi connectivity index (χ2n) is 3.68. The molecule has 15 heavy (non-hydrogen) atoms. The summed E-state index contributed by atoms with van der Waals surface area (Å²) in [6.45, 7) is 4.12. The van der Waals surface area contributed by atoms with E-state index >= 15 is 0 Å². The lowest BCUT2D eigenvalue weighted by atomic mass is 9.97. The van der Waals surface area contributed by atoms with Crippen molar-refractivity contribution >= 4 is 33.0 Å². The van der Waals surface area contributed by atoms with Gasteiger partial charge in [-0.3, -0.25) is 4.79 Å². The van der Waals surface area contributed by atoms with Crippen LogP contribution in [-0.4, -0.2) is 5.78 Å². The van der Waals surface area contributed by atoms with Crippen LogP contribution in [0.4, 0.5) is 0 Å². The summed E-state index contributed by atoms with van der Waals surface area (Å²) in [4.78, 5) is 12.7. The van der Waals surface area contributed by atoms with Crippen molar-refractivity contribution < 1.29 is 4.79 Å². The van der Waals surface area contributed by atoms with E-state index in [2.05, 4.69) is 35.0 Å². The molecule has 0 bridgehead atoms. The number of hydrogen-bond acceptors (Lipinski definition) is 2. The molecule has 0 aliphatic carbocycles. The summed E-state index contributed by atoms with van der Waals surface area (Å²) in [5.41, 5.74) is 0. The van der Waals surface area contributed by atoms with E-state index in [9.17, 15) is 4.79 Å². The summed E-state index contributed by atoms with van der Waals surface area (Å²) in [6.07, 6.45) is 3.51. The standard InChI is InChI=1S/C12H17BrOS/c1-3-9(5-6-10(14)4-2)11-7-8-12(13)15-11/h7-9H,3-6H2,1-2H3. The van der Waals surface area contributed by atoms with Crippen molar-refractivity contribution in [1.29, 1.82) is 0 Å². The summed E-state index contributed by atoms with van der Waals surface area (Å²) in [5.74, 6) is 0.931. The molecule has 3 heteroatoms. The van der Waals surface area contributed by atoms with Gasteiger partial charge in [-0.25, -0.2) is 0 Å². The zero-order chi connectivity index (χ0) is 11.3. The van der Waals surface area contributed by atoms with Gasteiger partial charge in [-0.1, -0.05) is 13.8 Å². The molecular formula is C12H17BrOS. The Hall–Kier alpha value is -0.150. The Labute approximate surface area is 104 Å². The first kappa shape index (κ1) is 12.9. The third-order valence-corrected chi connectivity index (χ3v) is 4.44. The van der Waals surface area contributed by atoms with Gasteiger partial charge in [0.15, 0.2) is 0 Å². The molecule has 1 rings (SSSR count). The van der Waals surface area contributed by atoms with Crippen LogP contribution in [0.5, 0.6) is 0 Å². The summed E-state index contributed by atoms with van der Waals surface area (Å²) < 4.78 is 1.18. The van der Waals surface area contributed by atoms with Gasteiger partial charge in [-0.15, -0.1) is 11.3 Å². The first-order valence-corrected chi connectivity index (χ1v) is 7.05. The van der Waals surface area contributed by atoms with Crippen molar-refractivity contribution in [2.75, 3.05) is 0 Å². The molecule has 0 N–H and O–H groups in total. The summed E-state index contributed by atoms with van der Waals surface area (Å²) in [6, 6.07) is 4.25. The summed E-state index contributed by atoms with van der Waals surface area (Å²) in [5, 5.41) is 0. The predicted octanol–water partition coefficient (Wildman–Crippen LogP) is 4.76. The molecule has 1 aromatic rings. The fraction of sp³-hybridized carbons (Fsp3) is 0.583. The van der Waals surface area contributed by atoms with Crippen molar-refractivity contribution in [1.82, 2.24) is 0 Å². The van der Waals surface area contributed by atoms with Crippen LogP contribution in [-0.2, 0) is 4.79 Å². The van der Waals surface area contributed by atoms with E-state index < -0.39 is 0 Å². The smallest absolute Gasteiger partial charge is 0.132 e. The third-order valence-electron chi connectivity index (χ3n) is 2.66. The van der Waals surface area contributed by atoms with E-state index in [0.717, 1.165) is 19.3 Å². The average Bonchev–Trinajstić information content (AvgIpc) is 2.65. The van der Waals surface area contributed by atoms with Crippen LogP contribution < -0.4 is 0 Å². The van der Waals surface area contributed by atoms with Crippen LogP contribution in [0.15, 0.2) is 15.9 Å². The monoisotopic (exact) mass is 288 g/mol. The van der Waals surface area contributed by atoms with E-state index in [4.69, 9.17) is 0 Å². The van der Waals surface area contributed by atoms with Crippen LogP contribution in [0, 0.1) is 0 Å². The number of carbonyl (C=O) groups is 1. The maximum absolute atomic E-state index is 11.3. The van der Waals surface area contributed by atoms with Gasteiger partial charge in [0.2, 0.25) is 0 Å². The fourth-order valence-electron chi connectivity index (χ4n) is 1.61. The molecule has 0 radical (unpaired) electrons. The van der Waals surface area contributed by atoms with Crippen molar-refractivity contribution in [2.24, 2.45) is 0 Å². The van der Waals surface area contributed by atoms with Gasteiger partial charge in [0, 0.05) is 17.7 Å². The van der Waals surface area contributed by atoms with Crippen molar-refractivity contribution in [2.45, 2.75) is 45.4 Å². The van der Waals surface area contributed by atoms with E-state index in [1.807, 2.05) is 6.92 Å². The fourth-order valence-corrected chi connectivity index (χ4v) is 3.25. The number of hydrogen-bond donors (Lipinski definition) is 0. The van der Waals surface area contributed by atoms with Crippen LogP contribution in [0.3, 0.4) is 0 Å². The maximum Gasteiger partial charge on any atom is 0.132 e. The molecule has 1 aromatic heterocycles. The lowest BCUT2D eigenvalue weighted by molar-refractivity contribution is -0.118. The quantitative estimate of drug-likeness (QED) is 0.737. The first-order valence-electron chi connectivity index (χ1n) is 5.44. The van der Waals surface area contributed by atoms with Gasteiger partial charge in [0.05, 0.1) is 3.79 Å². The zero-order valence-electron chi connectivity index (χ0n) is 9.25. The normalized spacial score (nSPS) is 12.7. The van der Waals surface area contributed by atoms with Gasteiger partial charge < -0.3 is 0 Å². The van der Waals surface area contributed by atoms with E-state index in [1.54, 1.807) is 11.3 Å². The lowest BCUT2D eigenvalue weighted by Crippen LogP contribution is -2.01. The summed E-state index contributed by atoms with van der Waals surface area (Å²) in [7, 11) is 0. The lowest BCUT2D eigenvalue weighted by Gasteiger charge is -2.11. The third kappa shape index (κ3) is 4.07. The molecule has 0 saturated carbocycles. The molecule has 0 fully saturated rings. The van der Waals surface area contributed by atoms with Crippen molar-refractivity contribution in [3.63, 3.8) is 0 Å². The predicted molar refractivity (Wildman–Crippen MR) is 69.6 cm³/mol. The molecule has 0 aliphatic rings. The molecule has 0 aromatic carbocycles. The van der Waals surface area contributed by atoms with Gasteiger partial charge >= 0.3 is 0 Å². The minimum absolute atomic E-state index is 0.379. The molecular weight excluding hydrogens is 272 g/mol. The minimum Gasteiger partial charge on any atom is -0.300 e. The summed E-state index contributed by atoms with van der Waals surface area (Å²) >= 11 is 5.26. The number of thiophene rings is 1. The Balaban J connectivity index is 2.53. The van der Waals surface area contributed by atoms with Crippen molar-refractivity contribution in [3.05, 3.63) is 20.8 Å². The largest absolute Gasteiger partial charge is 0.300 e. The molecule has 84 valence electrons. The zero-order valence-corrected chi connectivity index (χ0v) is 11.7. The Bertz CT molecular complexity index is 319. The van der Waals surface area contributed by atoms with Gasteiger partial charge in [0.1, 0.15) is 5.78 Å². The number of carbonyl (C=O) groups excluding carboxylic acids is 1. The Morgan fingerprint density at radius 2 is 2.20 bits per heavy atom. The van der Waals surface area contributed by atoms with Crippen LogP contribution in [0.1, 0.15) is 50.3 Å². The highest BCUT2D eigenvalue weighted by Gasteiger charge is 2.12. The van der Waals surface area contributed by atoms with Gasteiger partial charge in [-0.05, 0) is 46.8 Å². The topological polar surface area (TPSA) is 17.1 Å². The van der Waals surface area contributed by atoms with E-state index in [1.165, 1.54) is 8.66 Å². The Kier molecular flexibility index (Phi) is 5.54. The van der Waals surface area contributed by atoms with Gasteiger partial charge in [-0.2, -0.15) is 0 Å². The second-order valence-corrected chi connectivity index (χ2v) is 6.17. The molecule has 1 heterocycles. The number of ketones is 1. The molecule has 0 aliphatic heterocycles. The van der Waals surface area contributed by atoms with E-state index in [-0.39, 0.29) is 0 Å². The minimum atomic E-state index is 0.379. The van der Waals surface area contributed by atoms with Crippen LogP contribution >= 0.6 is 27.3 Å². The maximum atomic E-state index is 11.3. The number of Topliss-reactive ketones (excluding diaryl/α,β-unsaturated/α-hetero) is 1. The molecule has 0 amide bonds. The van der Waals surface area contributed by atoms with Gasteiger partial charge in [0.25, 0.3) is 0 Å². The van der Waals surface area contributed by atoms with E-state index in [0.29, 0.717) is 18.1 Å². The second kappa shape index (κ2) is 6.44. The SMILES string of the molecule is CCC(=O)CCC(CC)c1ccc(Br)s1.